The number of hydrogen-bond donors (Lipinski definition) is 2. The van der Waals surface area contributed by atoms with E-state index in [1.807, 2.05) is 0 Å². The SMILES string of the molecule is CCC(C)(NC(=O)c1ccc(Br)cc1F)C(=O)O. The monoisotopic (exact) mass is 317 g/mol. The van der Waals surface area contributed by atoms with Crippen LogP contribution in [0.4, 0.5) is 4.39 Å². The molecule has 0 fully saturated rings. The summed E-state index contributed by atoms with van der Waals surface area (Å²) in [6.07, 6.45) is 0.201. The van der Waals surface area contributed by atoms with Crippen molar-refractivity contribution in [2.24, 2.45) is 0 Å². The van der Waals surface area contributed by atoms with Crippen LogP contribution in [0.5, 0.6) is 0 Å². The van der Waals surface area contributed by atoms with Gasteiger partial charge in [-0.1, -0.05) is 22.9 Å². The van der Waals surface area contributed by atoms with E-state index in [1.165, 1.54) is 19.1 Å². The molecule has 18 heavy (non-hydrogen) atoms. The predicted molar refractivity (Wildman–Crippen MR) is 67.9 cm³/mol. The van der Waals surface area contributed by atoms with Crippen molar-refractivity contribution in [2.45, 2.75) is 25.8 Å². The quantitative estimate of drug-likeness (QED) is 0.897. The fourth-order valence-electron chi connectivity index (χ4n) is 1.28. The van der Waals surface area contributed by atoms with Gasteiger partial charge in [0, 0.05) is 4.47 Å². The van der Waals surface area contributed by atoms with E-state index in [9.17, 15) is 14.0 Å². The van der Waals surface area contributed by atoms with E-state index < -0.39 is 23.2 Å². The molecule has 1 aromatic carbocycles. The summed E-state index contributed by atoms with van der Waals surface area (Å²) in [5.41, 5.74) is -1.59. The molecule has 0 aliphatic heterocycles. The zero-order chi connectivity index (χ0) is 13.9. The molecule has 6 heteroatoms. The Hall–Kier alpha value is -1.43. The number of benzene rings is 1. The highest BCUT2D eigenvalue weighted by molar-refractivity contribution is 9.10. The van der Waals surface area contributed by atoms with Crippen molar-refractivity contribution in [3.8, 4) is 0 Å². The summed E-state index contributed by atoms with van der Waals surface area (Å²) in [6, 6.07) is 3.97. The van der Waals surface area contributed by atoms with E-state index in [0.29, 0.717) is 4.47 Å². The second-order valence-electron chi connectivity index (χ2n) is 4.07. The molecule has 0 heterocycles. The number of halogens is 2. The van der Waals surface area contributed by atoms with Gasteiger partial charge in [0.05, 0.1) is 5.56 Å². The van der Waals surface area contributed by atoms with Gasteiger partial charge in [0.1, 0.15) is 11.4 Å². The second-order valence-corrected chi connectivity index (χ2v) is 4.98. The van der Waals surface area contributed by atoms with Crippen molar-refractivity contribution < 1.29 is 19.1 Å². The van der Waals surface area contributed by atoms with Crippen LogP contribution >= 0.6 is 15.9 Å². The number of carboxylic acid groups (broad SMARTS) is 1. The number of carbonyl (C=O) groups is 2. The first-order valence-corrected chi connectivity index (χ1v) is 6.10. The third-order valence-electron chi connectivity index (χ3n) is 2.74. The van der Waals surface area contributed by atoms with E-state index in [2.05, 4.69) is 21.2 Å². The van der Waals surface area contributed by atoms with Crippen molar-refractivity contribution >= 4 is 27.8 Å². The predicted octanol–water partition coefficient (Wildman–Crippen LogP) is 2.57. The lowest BCUT2D eigenvalue weighted by atomic mass is 9.98. The lowest BCUT2D eigenvalue weighted by Crippen LogP contribution is -2.51. The van der Waals surface area contributed by atoms with Crippen LogP contribution in [0.15, 0.2) is 22.7 Å². The number of amides is 1. The highest BCUT2D eigenvalue weighted by Gasteiger charge is 2.33. The highest BCUT2D eigenvalue weighted by Crippen LogP contribution is 2.17. The zero-order valence-corrected chi connectivity index (χ0v) is 11.5. The Morgan fingerprint density at radius 1 is 1.50 bits per heavy atom. The Kier molecular flexibility index (Phi) is 4.45. The summed E-state index contributed by atoms with van der Waals surface area (Å²) in [5, 5.41) is 11.4. The zero-order valence-electron chi connectivity index (χ0n) is 9.96. The van der Waals surface area contributed by atoms with Gasteiger partial charge in [-0.25, -0.2) is 9.18 Å². The number of carbonyl (C=O) groups excluding carboxylic acids is 1. The van der Waals surface area contributed by atoms with E-state index in [4.69, 9.17) is 5.11 Å². The average molecular weight is 318 g/mol. The molecule has 1 rings (SSSR count). The second kappa shape index (κ2) is 5.48. The molecule has 0 saturated carbocycles. The third kappa shape index (κ3) is 3.07. The molecular formula is C12H13BrFNO3. The Labute approximate surface area is 112 Å². The van der Waals surface area contributed by atoms with Crippen molar-refractivity contribution in [3.05, 3.63) is 34.1 Å². The van der Waals surface area contributed by atoms with E-state index >= 15 is 0 Å². The molecule has 1 aromatic rings. The standard InChI is InChI=1S/C12H13BrFNO3/c1-3-12(2,11(17)18)15-10(16)8-5-4-7(13)6-9(8)14/h4-6H,3H2,1-2H3,(H,15,16)(H,17,18). The Bertz CT molecular complexity index is 492. The Morgan fingerprint density at radius 2 is 2.11 bits per heavy atom. The lowest BCUT2D eigenvalue weighted by Gasteiger charge is -2.24. The molecule has 0 saturated heterocycles. The summed E-state index contributed by atoms with van der Waals surface area (Å²) in [5.74, 6) is -2.60. The summed E-state index contributed by atoms with van der Waals surface area (Å²) in [6.45, 7) is 3.01. The minimum atomic E-state index is -1.41. The molecule has 4 nitrogen and oxygen atoms in total. The van der Waals surface area contributed by atoms with Gasteiger partial charge in [0.15, 0.2) is 0 Å². The first-order valence-electron chi connectivity index (χ1n) is 5.31. The van der Waals surface area contributed by atoms with Crippen molar-refractivity contribution in [3.63, 3.8) is 0 Å². The number of hydrogen-bond acceptors (Lipinski definition) is 2. The largest absolute Gasteiger partial charge is 0.480 e. The maximum absolute atomic E-state index is 13.5. The molecule has 1 amide bonds. The van der Waals surface area contributed by atoms with Gasteiger partial charge in [-0.2, -0.15) is 0 Å². The van der Waals surface area contributed by atoms with Gasteiger partial charge in [-0.15, -0.1) is 0 Å². The summed E-state index contributed by atoms with van der Waals surface area (Å²) in [4.78, 5) is 22.9. The van der Waals surface area contributed by atoms with E-state index in [0.717, 1.165) is 6.07 Å². The van der Waals surface area contributed by atoms with Crippen LogP contribution in [0.2, 0.25) is 0 Å². The van der Waals surface area contributed by atoms with Crippen LogP contribution in [-0.4, -0.2) is 22.5 Å². The molecule has 0 aromatic heterocycles. The Balaban J connectivity index is 2.98. The minimum absolute atomic E-state index is 0.181. The van der Waals surface area contributed by atoms with Crippen LogP contribution < -0.4 is 5.32 Å². The summed E-state index contributed by atoms with van der Waals surface area (Å²) in [7, 11) is 0. The topological polar surface area (TPSA) is 66.4 Å². The molecule has 0 radical (unpaired) electrons. The average Bonchev–Trinajstić information content (AvgIpc) is 2.28. The fourth-order valence-corrected chi connectivity index (χ4v) is 1.62. The maximum atomic E-state index is 13.5. The molecule has 0 spiro atoms. The molecule has 0 aliphatic rings. The third-order valence-corrected chi connectivity index (χ3v) is 3.24. The van der Waals surface area contributed by atoms with Crippen molar-refractivity contribution in [1.29, 1.82) is 0 Å². The van der Waals surface area contributed by atoms with Crippen LogP contribution in [0.1, 0.15) is 30.6 Å². The number of aliphatic carboxylic acids is 1. The molecule has 0 aliphatic carbocycles. The van der Waals surface area contributed by atoms with Crippen LogP contribution in [0.3, 0.4) is 0 Å². The van der Waals surface area contributed by atoms with Gasteiger partial charge in [-0.05, 0) is 31.5 Å². The van der Waals surface area contributed by atoms with Gasteiger partial charge in [-0.3, -0.25) is 4.79 Å². The first kappa shape index (κ1) is 14.6. The van der Waals surface area contributed by atoms with Crippen molar-refractivity contribution in [1.82, 2.24) is 5.32 Å². The molecule has 2 N–H and O–H groups in total. The van der Waals surface area contributed by atoms with Crippen molar-refractivity contribution in [2.75, 3.05) is 0 Å². The lowest BCUT2D eigenvalue weighted by molar-refractivity contribution is -0.143. The molecular weight excluding hydrogens is 305 g/mol. The minimum Gasteiger partial charge on any atom is -0.480 e. The summed E-state index contributed by atoms with van der Waals surface area (Å²) < 4.78 is 14.1. The normalized spacial score (nSPS) is 13.8. The molecule has 98 valence electrons. The van der Waals surface area contributed by atoms with E-state index in [1.54, 1.807) is 6.92 Å². The first-order chi connectivity index (χ1) is 8.30. The van der Waals surface area contributed by atoms with Crippen LogP contribution in [0, 0.1) is 5.82 Å². The Morgan fingerprint density at radius 3 is 2.56 bits per heavy atom. The van der Waals surface area contributed by atoms with Gasteiger partial charge in [0.25, 0.3) is 5.91 Å². The fraction of sp³-hybridized carbons (Fsp3) is 0.333. The molecule has 1 atom stereocenters. The smallest absolute Gasteiger partial charge is 0.329 e. The van der Waals surface area contributed by atoms with Gasteiger partial charge >= 0.3 is 5.97 Å². The number of rotatable bonds is 4. The van der Waals surface area contributed by atoms with Gasteiger partial charge in [0.2, 0.25) is 0 Å². The van der Waals surface area contributed by atoms with Crippen LogP contribution in [0.25, 0.3) is 0 Å². The number of nitrogens with one attached hydrogen (secondary N) is 1. The van der Waals surface area contributed by atoms with E-state index in [-0.39, 0.29) is 12.0 Å². The molecule has 1 unspecified atom stereocenters. The molecule has 0 bridgehead atoms. The summed E-state index contributed by atoms with van der Waals surface area (Å²) >= 11 is 3.08. The maximum Gasteiger partial charge on any atom is 0.329 e. The number of carboxylic acids is 1. The van der Waals surface area contributed by atoms with Gasteiger partial charge < -0.3 is 10.4 Å². The van der Waals surface area contributed by atoms with Crippen LogP contribution in [-0.2, 0) is 4.79 Å². The highest BCUT2D eigenvalue weighted by atomic mass is 79.9.